The van der Waals surface area contributed by atoms with E-state index in [0.29, 0.717) is 17.4 Å². The molecule has 29 heavy (non-hydrogen) atoms. The number of nitrogens with zero attached hydrogens (tertiary/aromatic N) is 1. The van der Waals surface area contributed by atoms with E-state index in [1.54, 1.807) is 19.2 Å². The molecule has 0 spiro atoms. The number of hydrogen-bond acceptors (Lipinski definition) is 5. The summed E-state index contributed by atoms with van der Waals surface area (Å²) in [5.41, 5.74) is 5.15. The number of anilines is 1. The van der Waals surface area contributed by atoms with Crippen molar-refractivity contribution in [1.82, 2.24) is 10.3 Å². The van der Waals surface area contributed by atoms with Crippen LogP contribution in [0.25, 0.3) is 0 Å². The maximum Gasteiger partial charge on any atom is 0.416 e. The molecule has 0 aliphatic heterocycles. The van der Waals surface area contributed by atoms with E-state index >= 15 is 0 Å². The summed E-state index contributed by atoms with van der Waals surface area (Å²) in [6.07, 6.45) is -2.56. The summed E-state index contributed by atoms with van der Waals surface area (Å²) in [7, 11) is 2.98. The highest BCUT2D eigenvalue weighted by Crippen LogP contribution is 2.31. The maximum atomic E-state index is 13.6. The topological polar surface area (TPSA) is 89.3 Å². The van der Waals surface area contributed by atoms with Crippen LogP contribution < -0.4 is 16.4 Å². The molecule has 1 unspecified atom stereocenters. The molecule has 1 atom stereocenters. The molecule has 0 aliphatic rings. The van der Waals surface area contributed by atoms with E-state index in [1.807, 2.05) is 0 Å². The lowest BCUT2D eigenvalue weighted by atomic mass is 10.0. The van der Waals surface area contributed by atoms with Crippen molar-refractivity contribution in [2.24, 2.45) is 5.73 Å². The lowest BCUT2D eigenvalue weighted by Gasteiger charge is -2.16. The third-order valence-electron chi connectivity index (χ3n) is 3.96. The van der Waals surface area contributed by atoms with E-state index in [4.69, 9.17) is 10.5 Å². The van der Waals surface area contributed by atoms with Crippen molar-refractivity contribution in [3.05, 3.63) is 70.8 Å². The van der Waals surface area contributed by atoms with Gasteiger partial charge in [-0.15, -0.1) is 0 Å². The number of primary amides is 1. The molecule has 0 aliphatic carbocycles. The Morgan fingerprint density at radius 1 is 1.28 bits per heavy atom. The number of hydrogen-bond donors (Lipinski definition) is 3. The van der Waals surface area contributed by atoms with E-state index in [0.717, 1.165) is 12.1 Å². The third-order valence-corrected chi connectivity index (χ3v) is 3.96. The molecule has 0 bridgehead atoms. The number of benzene rings is 1. The number of ether oxygens (including phenoxy) is 1. The van der Waals surface area contributed by atoms with Crippen LogP contribution in [0.2, 0.25) is 0 Å². The van der Waals surface area contributed by atoms with E-state index in [9.17, 15) is 22.4 Å². The molecular formula is C19H20F4N4O2. The first-order valence-corrected chi connectivity index (χ1v) is 8.42. The van der Waals surface area contributed by atoms with Crippen molar-refractivity contribution in [1.29, 1.82) is 0 Å². The second-order valence-corrected chi connectivity index (χ2v) is 6.08. The molecule has 0 radical (unpaired) electrons. The van der Waals surface area contributed by atoms with Crippen molar-refractivity contribution in [2.75, 3.05) is 19.5 Å². The van der Waals surface area contributed by atoms with Crippen molar-refractivity contribution < 1.29 is 27.1 Å². The molecule has 1 aromatic heterocycles. The van der Waals surface area contributed by atoms with E-state index in [-0.39, 0.29) is 17.6 Å². The fourth-order valence-corrected chi connectivity index (χ4v) is 2.64. The van der Waals surface area contributed by atoms with Crippen LogP contribution >= 0.6 is 0 Å². The highest BCUT2D eigenvalue weighted by atomic mass is 19.4. The summed E-state index contributed by atoms with van der Waals surface area (Å²) < 4.78 is 57.3. The van der Waals surface area contributed by atoms with E-state index < -0.39 is 29.7 Å². The number of carbonyl (C=O) groups is 1. The normalized spacial score (nSPS) is 13.2. The predicted octanol–water partition coefficient (Wildman–Crippen LogP) is 2.80. The van der Waals surface area contributed by atoms with Crippen LogP contribution in [0.5, 0.6) is 0 Å². The van der Waals surface area contributed by atoms with E-state index in [2.05, 4.69) is 15.6 Å². The van der Waals surface area contributed by atoms with Crippen molar-refractivity contribution in [3.8, 4) is 0 Å². The van der Waals surface area contributed by atoms with E-state index in [1.165, 1.54) is 19.5 Å². The van der Waals surface area contributed by atoms with Gasteiger partial charge in [-0.25, -0.2) is 9.37 Å². The second kappa shape index (κ2) is 9.48. The number of alkyl halides is 3. The standard InChI is InChI=1S/C19H20F4N4O2/c1-25-18(29-2)15(17(24)28)10-27-16-8-11(3-4-26-16)5-12-6-13(19(21,22)23)9-14(20)7-12/h3-4,6-10,18,25H,5H2,1-2H3,(H2,24,28)(H,26,27)/b15-10-. The zero-order valence-corrected chi connectivity index (χ0v) is 15.7. The molecule has 1 heterocycles. The van der Waals surface area contributed by atoms with Gasteiger partial charge in [0.15, 0.2) is 0 Å². The number of amides is 1. The van der Waals surface area contributed by atoms with Gasteiger partial charge in [-0.05, 0) is 54.9 Å². The summed E-state index contributed by atoms with van der Waals surface area (Å²) >= 11 is 0. The minimum Gasteiger partial charge on any atom is -0.366 e. The van der Waals surface area contributed by atoms with Crippen molar-refractivity contribution >= 4 is 11.7 Å². The van der Waals surface area contributed by atoms with Crippen LogP contribution in [0.1, 0.15) is 16.7 Å². The molecular weight excluding hydrogens is 392 g/mol. The fraction of sp³-hybridized carbons (Fsp3) is 0.263. The molecule has 6 nitrogen and oxygen atoms in total. The highest BCUT2D eigenvalue weighted by Gasteiger charge is 2.31. The van der Waals surface area contributed by atoms with Gasteiger partial charge in [0.25, 0.3) is 0 Å². The number of pyridine rings is 1. The minimum atomic E-state index is -4.64. The molecule has 1 aromatic carbocycles. The highest BCUT2D eigenvalue weighted by molar-refractivity contribution is 5.93. The van der Waals surface area contributed by atoms with Crippen LogP contribution in [0, 0.1) is 5.82 Å². The zero-order valence-electron chi connectivity index (χ0n) is 15.7. The average molecular weight is 412 g/mol. The van der Waals surface area contributed by atoms with Gasteiger partial charge in [0, 0.05) is 19.5 Å². The Morgan fingerprint density at radius 3 is 2.59 bits per heavy atom. The number of aromatic nitrogens is 1. The number of halogens is 4. The third kappa shape index (κ3) is 6.26. The quantitative estimate of drug-likeness (QED) is 0.353. The Balaban J connectivity index is 2.23. The van der Waals surface area contributed by atoms with Gasteiger partial charge in [0.1, 0.15) is 17.9 Å². The first kappa shape index (κ1) is 22.3. The van der Waals surface area contributed by atoms with Gasteiger partial charge in [-0.1, -0.05) is 0 Å². The van der Waals surface area contributed by atoms with Crippen molar-refractivity contribution in [3.63, 3.8) is 0 Å². The minimum absolute atomic E-state index is 0.0572. The first-order valence-electron chi connectivity index (χ1n) is 8.42. The number of likely N-dealkylation sites (N-methyl/N-ethyl adjacent to an activating group) is 1. The van der Waals surface area contributed by atoms with Gasteiger partial charge in [0.05, 0.1) is 11.1 Å². The summed E-state index contributed by atoms with van der Waals surface area (Å²) in [6, 6.07) is 5.55. The van der Waals surface area contributed by atoms with Crippen LogP contribution in [-0.2, 0) is 22.1 Å². The number of carbonyl (C=O) groups excluding carboxylic acids is 1. The largest absolute Gasteiger partial charge is 0.416 e. The van der Waals surface area contributed by atoms with Crippen LogP contribution in [0.3, 0.4) is 0 Å². The molecule has 10 heteroatoms. The SMILES string of the molecule is CNC(OC)/C(=C\Nc1cc(Cc2cc(F)cc(C(F)(F)F)c2)ccn1)C(N)=O. The molecule has 4 N–H and O–H groups in total. The summed E-state index contributed by atoms with van der Waals surface area (Å²) in [5.74, 6) is -1.36. The lowest BCUT2D eigenvalue weighted by molar-refractivity contribution is -0.137. The Morgan fingerprint density at radius 2 is 2.00 bits per heavy atom. The summed E-state index contributed by atoms with van der Waals surface area (Å²) in [6.45, 7) is 0. The molecule has 0 saturated carbocycles. The number of methoxy groups -OCH3 is 1. The average Bonchev–Trinajstić information content (AvgIpc) is 2.64. The monoisotopic (exact) mass is 412 g/mol. The van der Waals surface area contributed by atoms with Crippen molar-refractivity contribution in [2.45, 2.75) is 18.8 Å². The Labute approximate surface area is 164 Å². The fourth-order valence-electron chi connectivity index (χ4n) is 2.64. The van der Waals surface area contributed by atoms with Crippen LogP contribution in [0.15, 0.2) is 48.3 Å². The molecule has 0 saturated heterocycles. The number of rotatable bonds is 8. The van der Waals surface area contributed by atoms with Gasteiger partial charge in [0.2, 0.25) is 5.91 Å². The Bertz CT molecular complexity index is 896. The van der Waals surface area contributed by atoms with Gasteiger partial charge in [-0.2, -0.15) is 13.2 Å². The van der Waals surface area contributed by atoms with Gasteiger partial charge >= 0.3 is 6.18 Å². The molecule has 2 aromatic rings. The Kier molecular flexibility index (Phi) is 7.29. The second-order valence-electron chi connectivity index (χ2n) is 6.08. The predicted molar refractivity (Wildman–Crippen MR) is 99.2 cm³/mol. The summed E-state index contributed by atoms with van der Waals surface area (Å²) in [4.78, 5) is 15.7. The maximum absolute atomic E-state index is 13.6. The summed E-state index contributed by atoms with van der Waals surface area (Å²) in [5, 5.41) is 5.56. The van der Waals surface area contributed by atoms with Crippen LogP contribution in [0.4, 0.5) is 23.4 Å². The Hall–Kier alpha value is -2.98. The number of nitrogens with one attached hydrogen (secondary N) is 2. The molecule has 2 rings (SSSR count). The number of nitrogens with two attached hydrogens (primary N) is 1. The molecule has 0 fully saturated rings. The lowest BCUT2D eigenvalue weighted by Crippen LogP contribution is -2.35. The first-order chi connectivity index (χ1) is 13.6. The molecule has 156 valence electrons. The van der Waals surface area contributed by atoms with Gasteiger partial charge < -0.3 is 15.8 Å². The van der Waals surface area contributed by atoms with Gasteiger partial charge in [-0.3, -0.25) is 10.1 Å². The zero-order chi connectivity index (χ0) is 21.6. The smallest absolute Gasteiger partial charge is 0.366 e. The van der Waals surface area contributed by atoms with Crippen LogP contribution in [-0.4, -0.2) is 31.3 Å². The molecule has 1 amide bonds.